The highest BCUT2D eigenvalue weighted by Crippen LogP contribution is 2.16. The highest BCUT2D eigenvalue weighted by molar-refractivity contribution is 5.81. The Bertz CT molecular complexity index is 577. The molecule has 0 spiro atoms. The summed E-state index contributed by atoms with van der Waals surface area (Å²) < 4.78 is 10.1. The van der Waals surface area contributed by atoms with E-state index in [1.165, 1.54) is 6.08 Å². The van der Waals surface area contributed by atoms with E-state index in [1.807, 2.05) is 49.4 Å². The minimum Gasteiger partial charge on any atom is -0.497 e. The second-order valence-electron chi connectivity index (χ2n) is 4.57. The second kappa shape index (κ2) is 9.40. The fourth-order valence-electron chi connectivity index (χ4n) is 1.77. The van der Waals surface area contributed by atoms with Gasteiger partial charge >= 0.3 is 5.97 Å². The molecule has 0 saturated heterocycles. The van der Waals surface area contributed by atoms with E-state index >= 15 is 0 Å². The molecule has 3 nitrogen and oxygen atoms in total. The molecule has 0 bridgehead atoms. The monoisotopic (exact) mass is 298 g/mol. The molecule has 0 aromatic heterocycles. The summed E-state index contributed by atoms with van der Waals surface area (Å²) in [6, 6.07) is 8.00. The number of methoxy groups -OCH3 is 1. The van der Waals surface area contributed by atoms with E-state index in [4.69, 9.17) is 9.47 Å². The molecular formula is C19H22O3. The van der Waals surface area contributed by atoms with Crippen molar-refractivity contribution in [2.45, 2.75) is 13.3 Å². The standard InChI is InChI=1S/C19H22O3/c1-5-18(21-4)12-7-15(3)17-10-8-16(9-11-17)13-14-22-19(20)6-2/h5-12H,2-3,13-14H2,1,4H3/b12-7-,18-5+. The molecule has 1 aromatic rings. The zero-order chi connectivity index (χ0) is 16.4. The van der Waals surface area contributed by atoms with Gasteiger partial charge < -0.3 is 9.47 Å². The molecule has 0 aliphatic rings. The molecule has 3 heteroatoms. The van der Waals surface area contributed by atoms with Crippen molar-refractivity contribution in [3.8, 4) is 0 Å². The summed E-state index contributed by atoms with van der Waals surface area (Å²) in [6.45, 7) is 9.66. The van der Waals surface area contributed by atoms with Crippen molar-refractivity contribution in [3.63, 3.8) is 0 Å². The Morgan fingerprint density at radius 1 is 1.23 bits per heavy atom. The third-order valence-corrected chi connectivity index (χ3v) is 3.10. The molecule has 0 aliphatic heterocycles. The van der Waals surface area contributed by atoms with Crippen LogP contribution in [0.5, 0.6) is 0 Å². The van der Waals surface area contributed by atoms with Crippen LogP contribution < -0.4 is 0 Å². The number of ether oxygens (including phenoxy) is 2. The van der Waals surface area contributed by atoms with Crippen molar-refractivity contribution >= 4 is 11.5 Å². The number of rotatable bonds is 8. The first-order valence-electron chi connectivity index (χ1n) is 7.06. The summed E-state index contributed by atoms with van der Waals surface area (Å²) >= 11 is 0. The van der Waals surface area contributed by atoms with E-state index in [1.54, 1.807) is 7.11 Å². The summed E-state index contributed by atoms with van der Waals surface area (Å²) in [5.74, 6) is 0.398. The van der Waals surface area contributed by atoms with Gasteiger partial charge in [-0.3, -0.25) is 0 Å². The SMILES string of the molecule is C=CC(=O)OCCc1ccc(C(=C)/C=C\C(=C/C)OC)cc1. The van der Waals surface area contributed by atoms with Crippen LogP contribution in [0.15, 0.2) is 67.5 Å². The summed E-state index contributed by atoms with van der Waals surface area (Å²) in [6.07, 6.45) is 7.52. The lowest BCUT2D eigenvalue weighted by Gasteiger charge is -2.05. The smallest absolute Gasteiger partial charge is 0.330 e. The molecule has 0 atom stereocenters. The summed E-state index contributed by atoms with van der Waals surface area (Å²) in [5.41, 5.74) is 3.04. The van der Waals surface area contributed by atoms with Gasteiger partial charge in [-0.05, 0) is 35.8 Å². The lowest BCUT2D eigenvalue weighted by atomic mass is 10.0. The average Bonchev–Trinajstić information content (AvgIpc) is 2.56. The maximum absolute atomic E-state index is 10.9. The Morgan fingerprint density at radius 3 is 2.45 bits per heavy atom. The number of carbonyl (C=O) groups excluding carboxylic acids is 1. The first-order valence-corrected chi connectivity index (χ1v) is 7.06. The van der Waals surface area contributed by atoms with Gasteiger partial charge in [-0.1, -0.05) is 43.5 Å². The second-order valence-corrected chi connectivity index (χ2v) is 4.57. The van der Waals surface area contributed by atoms with Gasteiger partial charge in [0.05, 0.1) is 13.7 Å². The van der Waals surface area contributed by atoms with Gasteiger partial charge in [0.1, 0.15) is 5.76 Å². The molecule has 0 heterocycles. The first-order chi connectivity index (χ1) is 10.6. The number of hydrogen-bond acceptors (Lipinski definition) is 3. The van der Waals surface area contributed by atoms with Crippen molar-refractivity contribution < 1.29 is 14.3 Å². The molecule has 0 saturated carbocycles. The Balaban J connectivity index is 2.59. The molecule has 0 aliphatic carbocycles. The third-order valence-electron chi connectivity index (χ3n) is 3.10. The maximum atomic E-state index is 10.9. The van der Waals surface area contributed by atoms with E-state index in [0.717, 1.165) is 22.5 Å². The minimum absolute atomic E-state index is 0.351. The molecule has 22 heavy (non-hydrogen) atoms. The molecule has 0 fully saturated rings. The van der Waals surface area contributed by atoms with E-state index < -0.39 is 5.97 Å². The van der Waals surface area contributed by atoms with Gasteiger partial charge in [-0.2, -0.15) is 0 Å². The molecule has 0 radical (unpaired) electrons. The fraction of sp³-hybridized carbons (Fsp3) is 0.211. The normalized spacial score (nSPS) is 11.3. The number of allylic oxidation sites excluding steroid dienone is 4. The molecule has 1 rings (SSSR count). The van der Waals surface area contributed by atoms with E-state index in [9.17, 15) is 4.79 Å². The van der Waals surface area contributed by atoms with Crippen molar-refractivity contribution in [1.29, 1.82) is 0 Å². The van der Waals surface area contributed by atoms with Crippen molar-refractivity contribution in [2.75, 3.05) is 13.7 Å². The van der Waals surface area contributed by atoms with Crippen LogP contribution in [0.1, 0.15) is 18.1 Å². The van der Waals surface area contributed by atoms with Crippen molar-refractivity contribution in [3.05, 3.63) is 78.6 Å². The number of benzene rings is 1. The highest BCUT2D eigenvalue weighted by Gasteiger charge is 1.99. The van der Waals surface area contributed by atoms with Crippen LogP contribution in [-0.2, 0) is 20.7 Å². The Morgan fingerprint density at radius 2 is 1.91 bits per heavy atom. The molecule has 0 unspecified atom stereocenters. The van der Waals surface area contributed by atoms with Gasteiger partial charge in [0.25, 0.3) is 0 Å². The number of carbonyl (C=O) groups is 1. The lowest BCUT2D eigenvalue weighted by molar-refractivity contribution is -0.137. The molecular weight excluding hydrogens is 276 g/mol. The van der Waals surface area contributed by atoms with Crippen LogP contribution in [0.25, 0.3) is 5.57 Å². The largest absolute Gasteiger partial charge is 0.497 e. The van der Waals surface area contributed by atoms with Crippen LogP contribution in [-0.4, -0.2) is 19.7 Å². The quantitative estimate of drug-likeness (QED) is 0.314. The van der Waals surface area contributed by atoms with Crippen LogP contribution >= 0.6 is 0 Å². The van der Waals surface area contributed by atoms with Gasteiger partial charge in [0.15, 0.2) is 0 Å². The average molecular weight is 298 g/mol. The molecule has 116 valence electrons. The van der Waals surface area contributed by atoms with Gasteiger partial charge in [-0.15, -0.1) is 0 Å². The zero-order valence-electron chi connectivity index (χ0n) is 13.2. The van der Waals surface area contributed by atoms with Crippen LogP contribution in [0.4, 0.5) is 0 Å². The van der Waals surface area contributed by atoms with Crippen LogP contribution in [0, 0.1) is 0 Å². The first kappa shape index (κ1) is 17.5. The fourth-order valence-corrected chi connectivity index (χ4v) is 1.77. The highest BCUT2D eigenvalue weighted by atomic mass is 16.5. The number of esters is 1. The predicted octanol–water partition coefficient (Wildman–Crippen LogP) is 4.08. The topological polar surface area (TPSA) is 35.5 Å². The summed E-state index contributed by atoms with van der Waals surface area (Å²) in [5, 5.41) is 0. The molecule has 0 amide bonds. The predicted molar refractivity (Wildman–Crippen MR) is 90.2 cm³/mol. The maximum Gasteiger partial charge on any atom is 0.330 e. The lowest BCUT2D eigenvalue weighted by Crippen LogP contribution is -2.04. The number of hydrogen-bond donors (Lipinski definition) is 0. The van der Waals surface area contributed by atoms with Crippen molar-refractivity contribution in [1.82, 2.24) is 0 Å². The van der Waals surface area contributed by atoms with Gasteiger partial charge in [0, 0.05) is 12.5 Å². The van der Waals surface area contributed by atoms with Gasteiger partial charge in [-0.25, -0.2) is 4.79 Å². The Labute approximate surface area is 132 Å². The Kier molecular flexibility index (Phi) is 7.48. The minimum atomic E-state index is -0.395. The van der Waals surface area contributed by atoms with Crippen LogP contribution in [0.2, 0.25) is 0 Å². The van der Waals surface area contributed by atoms with E-state index in [-0.39, 0.29) is 0 Å². The van der Waals surface area contributed by atoms with E-state index in [0.29, 0.717) is 13.0 Å². The third kappa shape index (κ3) is 5.83. The Hall–Kier alpha value is -2.55. The van der Waals surface area contributed by atoms with E-state index in [2.05, 4.69) is 13.2 Å². The molecule has 0 N–H and O–H groups in total. The summed E-state index contributed by atoms with van der Waals surface area (Å²) in [4.78, 5) is 10.9. The zero-order valence-corrected chi connectivity index (χ0v) is 13.2. The van der Waals surface area contributed by atoms with Crippen molar-refractivity contribution in [2.24, 2.45) is 0 Å². The van der Waals surface area contributed by atoms with Crippen LogP contribution in [0.3, 0.4) is 0 Å². The summed E-state index contributed by atoms with van der Waals surface area (Å²) in [7, 11) is 1.64. The van der Waals surface area contributed by atoms with Gasteiger partial charge in [0.2, 0.25) is 0 Å². The molecule has 1 aromatic carbocycles.